The van der Waals surface area contributed by atoms with E-state index in [1.165, 1.54) is 6.42 Å². The van der Waals surface area contributed by atoms with Crippen LogP contribution in [0, 0.1) is 0 Å². The Bertz CT molecular complexity index is 1020. The summed E-state index contributed by atoms with van der Waals surface area (Å²) in [7, 11) is 0. The molecule has 4 aromatic carbocycles. The number of rotatable bonds is 2. The molecule has 34 heavy (non-hydrogen) atoms. The van der Waals surface area contributed by atoms with E-state index in [2.05, 4.69) is 24.1 Å². The van der Waals surface area contributed by atoms with Gasteiger partial charge in [-0.05, 0) is 22.9 Å². The Morgan fingerprint density at radius 1 is 0.559 bits per heavy atom. The van der Waals surface area contributed by atoms with Gasteiger partial charge in [0.1, 0.15) is 11.4 Å². The molecule has 5 heteroatoms. The van der Waals surface area contributed by atoms with Crippen molar-refractivity contribution < 1.29 is 27.3 Å². The molecule has 0 saturated carbocycles. The minimum absolute atomic E-state index is 0. The third-order valence-electron chi connectivity index (χ3n) is 4.02. The van der Waals surface area contributed by atoms with Gasteiger partial charge in [-0.2, -0.15) is 0 Å². The molecule has 0 spiro atoms. The van der Waals surface area contributed by atoms with E-state index < -0.39 is 0 Å². The Kier molecular flexibility index (Phi) is 20.6. The second-order valence-electron chi connectivity index (χ2n) is 6.22. The number of benzene rings is 4. The summed E-state index contributed by atoms with van der Waals surface area (Å²) in [6.45, 7) is 12.2. The van der Waals surface area contributed by atoms with Crippen LogP contribution in [0.2, 0.25) is 0 Å². The van der Waals surface area contributed by atoms with E-state index >= 15 is 0 Å². The first-order valence-corrected chi connectivity index (χ1v) is 11.0. The maximum absolute atomic E-state index is 10.4. The Morgan fingerprint density at radius 2 is 0.853 bits per heavy atom. The van der Waals surface area contributed by atoms with Gasteiger partial charge in [0.15, 0.2) is 11.5 Å². The van der Waals surface area contributed by atoms with E-state index in [-0.39, 0.29) is 43.4 Å². The van der Waals surface area contributed by atoms with Crippen molar-refractivity contribution in [3.63, 3.8) is 0 Å². The number of phenols is 2. The van der Waals surface area contributed by atoms with Gasteiger partial charge < -0.3 is 10.2 Å². The number of fused-ring (bicyclic) bond motifs is 2. The van der Waals surface area contributed by atoms with Crippen LogP contribution in [-0.2, 0) is 17.1 Å². The molecule has 0 aromatic heterocycles. The smallest absolute Gasteiger partial charge is 0.150 e. The Labute approximate surface area is 217 Å². The van der Waals surface area contributed by atoms with Gasteiger partial charge in [0, 0.05) is 27.8 Å². The first-order chi connectivity index (χ1) is 15.2. The van der Waals surface area contributed by atoms with E-state index in [4.69, 9.17) is 0 Å². The summed E-state index contributed by atoms with van der Waals surface area (Å²) in [6, 6.07) is 22.2. The average molecular weight is 514 g/mol. The minimum atomic E-state index is 0. The monoisotopic (exact) mass is 513 g/mol. The van der Waals surface area contributed by atoms with Crippen molar-refractivity contribution in [3.05, 3.63) is 72.8 Å². The predicted octanol–water partition coefficient (Wildman–Crippen LogP) is 10.6. The van der Waals surface area contributed by atoms with Gasteiger partial charge in [-0.25, -0.2) is 0 Å². The van der Waals surface area contributed by atoms with E-state index in [9.17, 15) is 10.2 Å². The number of nitrogens with zero attached hydrogens (tertiary/aromatic N) is 2. The molecule has 0 atom stereocenters. The number of hydrogen-bond acceptors (Lipinski definition) is 4. The molecule has 0 heterocycles. The van der Waals surface area contributed by atoms with Gasteiger partial charge in [0.25, 0.3) is 0 Å². The molecule has 0 aliphatic rings. The molecule has 0 saturated heterocycles. The number of phenolic OH excluding ortho intramolecular Hbond substituents is 2. The van der Waals surface area contributed by atoms with E-state index in [1.54, 1.807) is 12.1 Å². The molecule has 191 valence electrons. The molecule has 0 fully saturated rings. The molecule has 4 nitrogen and oxygen atoms in total. The molecule has 2 N–H and O–H groups in total. The van der Waals surface area contributed by atoms with Crippen molar-refractivity contribution >= 4 is 32.9 Å². The van der Waals surface area contributed by atoms with Crippen molar-refractivity contribution in [2.24, 2.45) is 10.2 Å². The normalized spacial score (nSPS) is 9.00. The van der Waals surface area contributed by atoms with Crippen LogP contribution in [0.3, 0.4) is 0 Å². The summed E-state index contributed by atoms with van der Waals surface area (Å²) in [6.07, 6.45) is 1.25. The van der Waals surface area contributed by atoms with Gasteiger partial charge in [-0.3, -0.25) is 0 Å². The maximum atomic E-state index is 10.4. The van der Waals surface area contributed by atoms with E-state index in [0.29, 0.717) is 11.4 Å². The van der Waals surface area contributed by atoms with Crippen molar-refractivity contribution in [2.45, 2.75) is 62.8 Å². The SMILES string of the molecule is C.C.CC.CC.CCC.Oc1c(N=Nc2ccc3ccccc3c2O)ccc2ccccc12.[Cu]. The third-order valence-corrected chi connectivity index (χ3v) is 4.02. The zero-order valence-electron chi connectivity index (χ0n) is 19.7. The van der Waals surface area contributed by atoms with Crippen LogP contribution >= 0.6 is 0 Å². The molecule has 0 bridgehead atoms. The Balaban J connectivity index is -0.000000876. The average Bonchev–Trinajstić information content (AvgIpc) is 2.83. The largest absolute Gasteiger partial charge is 0.505 e. The van der Waals surface area contributed by atoms with Crippen LogP contribution < -0.4 is 0 Å². The molecule has 1 radical (unpaired) electrons. The number of hydrogen-bond donors (Lipinski definition) is 2. The fourth-order valence-electron chi connectivity index (χ4n) is 2.76. The van der Waals surface area contributed by atoms with Gasteiger partial charge >= 0.3 is 0 Å². The van der Waals surface area contributed by atoms with Gasteiger partial charge in [-0.15, -0.1) is 10.2 Å². The van der Waals surface area contributed by atoms with E-state index in [0.717, 1.165) is 21.5 Å². The first-order valence-electron chi connectivity index (χ1n) is 11.0. The molecule has 4 rings (SSSR count). The second-order valence-corrected chi connectivity index (χ2v) is 6.22. The standard InChI is InChI=1S/C20H14N2O2.C3H8.2C2H6.2CH4.Cu/c23-19-15-7-3-1-5-13(15)9-11-17(19)21-22-18-12-10-14-6-2-4-8-16(14)20(18)24;1-3-2;2*1-2;;;/h1-12,23-24H;3H2,1-2H3;2*1-2H3;2*1H4;. The van der Waals surface area contributed by atoms with Gasteiger partial charge in [0.05, 0.1) is 0 Å². The first kappa shape index (κ1) is 35.7. The third kappa shape index (κ3) is 9.17. The summed E-state index contributed by atoms with van der Waals surface area (Å²) < 4.78 is 0. The zero-order valence-corrected chi connectivity index (χ0v) is 20.7. The second kappa shape index (κ2) is 19.6. The Morgan fingerprint density at radius 3 is 1.18 bits per heavy atom. The quantitative estimate of drug-likeness (QED) is 0.207. The van der Waals surface area contributed by atoms with Crippen LogP contribution in [0.5, 0.6) is 11.5 Å². The van der Waals surface area contributed by atoms with Crippen molar-refractivity contribution in [1.82, 2.24) is 0 Å². The van der Waals surface area contributed by atoms with Crippen LogP contribution in [0.25, 0.3) is 21.5 Å². The van der Waals surface area contributed by atoms with Crippen molar-refractivity contribution in [1.29, 1.82) is 0 Å². The summed E-state index contributed by atoms with van der Waals surface area (Å²) in [4.78, 5) is 0. The fraction of sp³-hybridized carbons (Fsp3) is 0.310. The molecular weight excluding hydrogens is 472 g/mol. The molecule has 4 aromatic rings. The van der Waals surface area contributed by atoms with Crippen LogP contribution in [0.1, 0.15) is 62.8 Å². The molecule has 0 amide bonds. The van der Waals surface area contributed by atoms with Gasteiger partial charge in [-0.1, -0.05) is 123 Å². The summed E-state index contributed by atoms with van der Waals surface area (Å²) in [5.41, 5.74) is 0.725. The number of azo groups is 1. The molecular formula is C29H42CuN2O2. The van der Waals surface area contributed by atoms with E-state index in [1.807, 2.05) is 88.4 Å². The van der Waals surface area contributed by atoms with Gasteiger partial charge in [0.2, 0.25) is 0 Å². The predicted molar refractivity (Wildman–Crippen MR) is 148 cm³/mol. The summed E-state index contributed by atoms with van der Waals surface area (Å²) in [5, 5.41) is 32.2. The Hall–Kier alpha value is -2.88. The van der Waals surface area contributed by atoms with Crippen molar-refractivity contribution in [3.8, 4) is 11.5 Å². The minimum Gasteiger partial charge on any atom is -0.505 e. The fourth-order valence-corrected chi connectivity index (χ4v) is 2.76. The molecule has 0 aliphatic carbocycles. The summed E-state index contributed by atoms with van der Waals surface area (Å²) in [5.74, 6) is 0.161. The molecule has 0 aliphatic heterocycles. The van der Waals surface area contributed by atoms with Crippen LogP contribution in [-0.4, -0.2) is 10.2 Å². The number of aromatic hydroxyl groups is 2. The van der Waals surface area contributed by atoms with Crippen LogP contribution in [0.15, 0.2) is 83.0 Å². The van der Waals surface area contributed by atoms with Crippen LogP contribution in [0.4, 0.5) is 11.4 Å². The molecule has 0 unspecified atom stereocenters. The van der Waals surface area contributed by atoms with Crippen molar-refractivity contribution in [2.75, 3.05) is 0 Å². The zero-order chi connectivity index (χ0) is 23.2. The summed E-state index contributed by atoms with van der Waals surface area (Å²) >= 11 is 0. The topological polar surface area (TPSA) is 65.2 Å². The maximum Gasteiger partial charge on any atom is 0.150 e.